The number of nitrogens with two attached hydrogens (primary N) is 1. The number of aromatic hydroxyl groups is 2. The largest absolute Gasteiger partial charge is 0.508 e. The molecule has 0 radical (unpaired) electrons. The van der Waals surface area contributed by atoms with Crippen LogP contribution in [0.4, 0.5) is 0 Å². The van der Waals surface area contributed by atoms with Crippen molar-refractivity contribution in [1.82, 2.24) is 42.5 Å². The lowest BCUT2D eigenvalue weighted by Crippen LogP contribution is -2.47. The van der Waals surface area contributed by atoms with Crippen molar-refractivity contribution in [3.8, 4) is 28.7 Å². The van der Waals surface area contributed by atoms with Crippen molar-refractivity contribution in [3.63, 3.8) is 0 Å². The van der Waals surface area contributed by atoms with Gasteiger partial charge in [-0.2, -0.15) is 0 Å². The normalized spacial score (nSPS) is 11.5. The Hall–Kier alpha value is -8.11. The molecule has 5 rings (SSSR count). The molecule has 638 valence electrons. The first kappa shape index (κ1) is 116. The second-order valence-electron chi connectivity index (χ2n) is 25.7. The number of carboxylic acids is 1. The molecule has 5 aromatic carbocycles. The Kier molecular flexibility index (Phi) is 73.1. The average Bonchev–Trinajstić information content (AvgIpc) is 0.870. The third-order valence-corrected chi connectivity index (χ3v) is 15.8. The Bertz CT molecular complexity index is 3090. The SMILES string of the molecule is C.C.C.C.C.C.CCCCCNC(=O)C(Cc1ccc(OC(C(O)O)C(O)O)cc1)NC(C)=O.CCCCCNC(=O)[C@@H](N)Cc1ccc(OC(C)C)cc1.CCCCCNC(=O)[C@H](Cc1ccc(O)cc1)NC.CCCCCNC(=O)[C@H](Cc1ccc(OC(C)C)cc1)NC.CN[C@@H](Cc1ccc(O)cc1)C(=O)O.Cl. The monoisotopic (exact) mass is 1590 g/mol. The van der Waals surface area contributed by atoms with Gasteiger partial charge in [0.2, 0.25) is 29.5 Å². The number of carbonyl (C=O) groups excluding carboxylic acids is 5. The number of phenolic OH excluding ortho intramolecular Hbond substituents is 2. The molecular weight excluding hydrogens is 1440 g/mol. The second kappa shape index (κ2) is 69.8. The minimum Gasteiger partial charge on any atom is -0.508 e. The molecule has 111 heavy (non-hydrogen) atoms. The highest BCUT2D eigenvalue weighted by molar-refractivity contribution is 5.87. The maximum Gasteiger partial charge on any atom is 0.321 e. The molecule has 0 saturated heterocycles. The van der Waals surface area contributed by atoms with E-state index in [0.29, 0.717) is 38.8 Å². The molecule has 0 spiro atoms. The molecule has 25 nitrogen and oxygen atoms in total. The van der Waals surface area contributed by atoms with Crippen LogP contribution in [-0.4, -0.2) is 180 Å². The van der Waals surface area contributed by atoms with E-state index >= 15 is 0 Å². The maximum atomic E-state index is 12.3. The molecule has 0 aliphatic rings. The van der Waals surface area contributed by atoms with E-state index in [4.69, 9.17) is 50.6 Å². The summed E-state index contributed by atoms with van der Waals surface area (Å²) in [6.07, 6.45) is 9.97. The van der Waals surface area contributed by atoms with Crippen LogP contribution in [0, 0.1) is 0 Å². The van der Waals surface area contributed by atoms with Crippen LogP contribution in [0.1, 0.15) is 212 Å². The summed E-state index contributed by atoms with van der Waals surface area (Å²) in [6, 6.07) is 33.2. The highest BCUT2D eigenvalue weighted by Crippen LogP contribution is 2.20. The Morgan fingerprint density at radius 1 is 0.378 bits per heavy atom. The van der Waals surface area contributed by atoms with Crippen LogP contribution >= 0.6 is 12.4 Å². The molecule has 0 fully saturated rings. The minimum atomic E-state index is -2.07. The third-order valence-electron chi connectivity index (χ3n) is 15.8. The van der Waals surface area contributed by atoms with Crippen molar-refractivity contribution in [3.05, 3.63) is 149 Å². The maximum absolute atomic E-state index is 12.3. The van der Waals surface area contributed by atoms with Gasteiger partial charge >= 0.3 is 5.97 Å². The summed E-state index contributed by atoms with van der Waals surface area (Å²) in [6.45, 7) is 20.6. The van der Waals surface area contributed by atoms with Crippen LogP contribution in [0.25, 0.3) is 0 Å². The summed E-state index contributed by atoms with van der Waals surface area (Å²) in [5.41, 5.74) is 10.8. The molecule has 5 atom stereocenters. The molecule has 0 aliphatic carbocycles. The van der Waals surface area contributed by atoms with Crippen molar-refractivity contribution in [2.75, 3.05) is 47.3 Å². The van der Waals surface area contributed by atoms with Crippen molar-refractivity contribution in [2.45, 2.75) is 277 Å². The number of benzene rings is 5. The summed E-state index contributed by atoms with van der Waals surface area (Å²) in [5, 5.41) is 86.5. The van der Waals surface area contributed by atoms with Crippen molar-refractivity contribution in [1.29, 1.82) is 0 Å². The smallest absolute Gasteiger partial charge is 0.321 e. The highest BCUT2D eigenvalue weighted by atomic mass is 35.5. The first-order valence-electron chi connectivity index (χ1n) is 36.6. The van der Waals surface area contributed by atoms with Gasteiger partial charge in [0.25, 0.3) is 0 Å². The molecule has 1 unspecified atom stereocenters. The zero-order chi connectivity index (χ0) is 77.8. The Balaban J connectivity index is -0.000000243. The van der Waals surface area contributed by atoms with Gasteiger partial charge in [0.15, 0.2) is 18.7 Å². The fraction of sp³-hybridized carbons (Fsp3) is 0.576. The molecule has 0 aliphatic heterocycles. The molecular formula is C85H150ClN9O16. The number of aliphatic hydroxyl groups is 4. The highest BCUT2D eigenvalue weighted by Gasteiger charge is 2.27. The number of likely N-dealkylation sites (N-methyl/N-ethyl adjacent to an activating group) is 3. The summed E-state index contributed by atoms with van der Waals surface area (Å²) < 4.78 is 16.4. The second-order valence-corrected chi connectivity index (χ2v) is 25.7. The number of amides is 5. The van der Waals surface area contributed by atoms with Crippen molar-refractivity contribution in [2.24, 2.45) is 5.73 Å². The Morgan fingerprint density at radius 2 is 0.631 bits per heavy atom. The summed E-state index contributed by atoms with van der Waals surface area (Å²) >= 11 is 0. The molecule has 26 heteroatoms. The molecule has 5 amide bonds. The predicted molar refractivity (Wildman–Crippen MR) is 456 cm³/mol. The lowest BCUT2D eigenvalue weighted by Gasteiger charge is -2.22. The van der Waals surface area contributed by atoms with Crippen LogP contribution in [0.3, 0.4) is 0 Å². The van der Waals surface area contributed by atoms with Gasteiger partial charge in [-0.3, -0.25) is 28.8 Å². The van der Waals surface area contributed by atoms with E-state index in [-0.39, 0.29) is 134 Å². The molecule has 0 saturated carbocycles. The van der Waals surface area contributed by atoms with Gasteiger partial charge in [0.1, 0.15) is 40.8 Å². The summed E-state index contributed by atoms with van der Waals surface area (Å²) in [7, 11) is 5.22. The number of aliphatic hydroxyl groups excluding tert-OH is 2. The number of carbonyl (C=O) groups is 6. The summed E-state index contributed by atoms with van der Waals surface area (Å²) in [4.78, 5) is 70.5. The van der Waals surface area contributed by atoms with E-state index in [0.717, 1.165) is 129 Å². The van der Waals surface area contributed by atoms with Crippen LogP contribution in [0.15, 0.2) is 121 Å². The number of ether oxygens (including phenoxy) is 3. The van der Waals surface area contributed by atoms with E-state index in [2.05, 4.69) is 70.2 Å². The molecule has 0 aromatic heterocycles. The number of hydrogen-bond donors (Lipinski definition) is 16. The molecule has 17 N–H and O–H groups in total. The van der Waals surface area contributed by atoms with Crippen LogP contribution in [0.2, 0.25) is 0 Å². The Labute approximate surface area is 674 Å². The predicted octanol–water partition coefficient (Wildman–Crippen LogP) is 11.6. The number of hydrogen-bond acceptors (Lipinski definition) is 19. The third kappa shape index (κ3) is 55.1. The number of rotatable bonds is 43. The van der Waals surface area contributed by atoms with E-state index in [9.17, 15) is 33.9 Å². The molecule has 5 aromatic rings. The fourth-order valence-electron chi connectivity index (χ4n) is 9.91. The fourth-order valence-corrected chi connectivity index (χ4v) is 9.91. The van der Waals surface area contributed by atoms with Gasteiger partial charge in [-0.25, -0.2) is 0 Å². The number of aliphatic carboxylic acids is 1. The van der Waals surface area contributed by atoms with E-state index in [1.165, 1.54) is 19.1 Å². The van der Waals surface area contributed by atoms with Gasteiger partial charge in [-0.05, 0) is 189 Å². The number of nitrogens with one attached hydrogen (secondary N) is 8. The first-order valence-corrected chi connectivity index (χ1v) is 36.6. The Morgan fingerprint density at radius 3 is 0.892 bits per heavy atom. The number of phenols is 2. The van der Waals surface area contributed by atoms with Crippen LogP contribution < -0.4 is 62.5 Å². The zero-order valence-corrected chi connectivity index (χ0v) is 64.8. The van der Waals surface area contributed by atoms with Crippen molar-refractivity contribution >= 4 is 47.9 Å². The minimum absolute atomic E-state index is 0. The van der Waals surface area contributed by atoms with Crippen molar-refractivity contribution < 1.29 is 78.7 Å². The van der Waals surface area contributed by atoms with E-state index in [1.54, 1.807) is 62.6 Å². The number of carboxylic acid groups (broad SMARTS) is 1. The molecule has 0 bridgehead atoms. The quantitative estimate of drug-likeness (QED) is 0.0127. The topological polar surface area (TPSA) is 394 Å². The zero-order valence-electron chi connectivity index (χ0n) is 64.0. The first-order chi connectivity index (χ1) is 49.6. The van der Waals surface area contributed by atoms with Gasteiger partial charge in [0.05, 0.1) is 30.3 Å². The van der Waals surface area contributed by atoms with E-state index in [1.807, 2.05) is 95.4 Å². The lowest BCUT2D eigenvalue weighted by molar-refractivity contribution is -0.201. The van der Waals surface area contributed by atoms with Gasteiger partial charge < -0.3 is 98.2 Å². The average molecular weight is 1590 g/mol. The van der Waals surface area contributed by atoms with Crippen LogP contribution in [-0.2, 0) is 60.9 Å². The number of unbranched alkanes of at least 4 members (excludes halogenated alkanes) is 8. The van der Waals surface area contributed by atoms with Gasteiger partial charge in [-0.1, -0.05) is 184 Å². The number of halogens is 1. The standard InChI is InChI=1S/C19H30N2O7.C18H30N2O2.C17H28N2O2.C15H24N2O2.C10H13NO3.6CH4.ClH/c1-3-4-5-10-20-17(23)15(21-12(2)22)11-13-6-8-14(9-7-13)28-16(18(24)25)19(26)27;1-5-6-7-12-20-18(21)17(19-4)13-15-8-10-16(11-9-15)22-14(2)3;1-4-5-6-11-19-17(20)16(18)12-14-7-9-15(10-8-14)21-13(2)3;1-3-4-5-10-17-15(19)14(16-2)11-12-6-8-13(18)9-7-12;1-11-9(10(13)14)6-7-2-4-8(12)5-3-7;;;;;;;/h6-9,15-16,18-19,24-27H,3-5,10-11H2,1-2H3,(H,20,23)(H,21,22);8-11,14,17,19H,5-7,12-13H2,1-4H3,(H,20,21);7-10,13,16H,4-6,11-12,18H2,1-3H3,(H,19,20);6-9,14,16,18H,3-5,10-11H2,1-2H3,(H,17,19);2-5,9,11-12H,6H2,1H3,(H,13,14);6*1H4;1H/t;17-;16-;14-;9-;;;;;;;/m.0000......./s1. The van der Waals surface area contributed by atoms with Gasteiger partial charge in [0, 0.05) is 39.5 Å². The molecule has 0 heterocycles. The lowest BCUT2D eigenvalue weighted by atomic mass is 10.0. The van der Waals surface area contributed by atoms with E-state index < -0.39 is 42.8 Å². The van der Waals surface area contributed by atoms with Gasteiger partial charge in [-0.15, -0.1) is 12.4 Å². The van der Waals surface area contributed by atoms with Crippen LogP contribution in [0.5, 0.6) is 28.7 Å². The summed E-state index contributed by atoms with van der Waals surface area (Å²) in [5.74, 6) is 0.898.